The third kappa shape index (κ3) is 5.80. The van der Waals surface area contributed by atoms with E-state index >= 15 is 4.39 Å². The normalized spacial score (nSPS) is 16.9. The van der Waals surface area contributed by atoms with E-state index in [2.05, 4.69) is 4.85 Å². The van der Waals surface area contributed by atoms with Crippen LogP contribution in [0.5, 0.6) is 11.5 Å². The monoisotopic (exact) mass is 523 g/mol. The number of carbonyl (C=O) groups excluding carboxylic acids is 1. The van der Waals surface area contributed by atoms with Gasteiger partial charge in [-0.2, -0.15) is 0 Å². The van der Waals surface area contributed by atoms with E-state index in [-0.39, 0.29) is 19.6 Å². The van der Waals surface area contributed by atoms with Crippen molar-refractivity contribution in [3.05, 3.63) is 114 Å². The van der Waals surface area contributed by atoms with Crippen LogP contribution in [0.3, 0.4) is 0 Å². The summed E-state index contributed by atoms with van der Waals surface area (Å²) < 4.78 is 28.6. The number of benzene rings is 3. The number of halogens is 1. The van der Waals surface area contributed by atoms with Crippen LogP contribution in [0.25, 0.3) is 16.0 Å². The third-order valence-corrected chi connectivity index (χ3v) is 7.02. The van der Waals surface area contributed by atoms with Crippen molar-refractivity contribution < 1.29 is 18.7 Å². The standard InChI is InChI=1S/C32H30FN3O3/c1-3-29-31(34-2)27(24-14-16-26(17-15-24)39-25-12-8-5-9-13-25)20-36(29)30-21-35(19-18-28(30)33)32(37)38-22-23-10-6-4-7-11-23/h4-17,20,28,30H,3,18-19,21-22H2,1H3. The van der Waals surface area contributed by atoms with Crippen molar-refractivity contribution in [2.45, 2.75) is 38.6 Å². The molecule has 1 aromatic heterocycles. The maximum atomic E-state index is 15.4. The second kappa shape index (κ2) is 11.9. The Kier molecular flexibility index (Phi) is 7.93. The third-order valence-electron chi connectivity index (χ3n) is 7.02. The lowest BCUT2D eigenvalue weighted by Gasteiger charge is -2.36. The fourth-order valence-corrected chi connectivity index (χ4v) is 5.01. The van der Waals surface area contributed by atoms with Crippen LogP contribution in [0.1, 0.15) is 30.6 Å². The summed E-state index contributed by atoms with van der Waals surface area (Å²) in [5, 5.41) is 0. The van der Waals surface area contributed by atoms with Gasteiger partial charge in [-0.3, -0.25) is 0 Å². The van der Waals surface area contributed by atoms with Gasteiger partial charge in [0.1, 0.15) is 24.3 Å². The smallest absolute Gasteiger partial charge is 0.410 e. The minimum absolute atomic E-state index is 0.166. The van der Waals surface area contributed by atoms with Crippen molar-refractivity contribution in [1.29, 1.82) is 0 Å². The molecule has 7 heteroatoms. The Morgan fingerprint density at radius 1 is 1.00 bits per heavy atom. The number of alkyl halides is 1. The summed E-state index contributed by atoms with van der Waals surface area (Å²) in [6.07, 6.45) is 1.03. The Hall–Kier alpha value is -4.57. The molecule has 3 aromatic carbocycles. The first-order valence-electron chi connectivity index (χ1n) is 13.1. The lowest BCUT2D eigenvalue weighted by Crippen LogP contribution is -2.45. The molecule has 1 saturated heterocycles. The number of aromatic nitrogens is 1. The Bertz CT molecular complexity index is 1450. The fourth-order valence-electron chi connectivity index (χ4n) is 5.01. The number of ether oxygens (including phenoxy) is 2. The molecule has 6 nitrogen and oxygen atoms in total. The number of para-hydroxylation sites is 1. The van der Waals surface area contributed by atoms with Crippen LogP contribution < -0.4 is 4.74 Å². The second-order valence-electron chi connectivity index (χ2n) is 9.51. The zero-order valence-corrected chi connectivity index (χ0v) is 21.8. The van der Waals surface area contributed by atoms with Gasteiger partial charge in [-0.25, -0.2) is 14.0 Å². The molecular weight excluding hydrogens is 493 g/mol. The quantitative estimate of drug-likeness (QED) is 0.231. The van der Waals surface area contributed by atoms with Crippen LogP contribution >= 0.6 is 0 Å². The number of hydrogen-bond donors (Lipinski definition) is 0. The molecular formula is C32H30FN3O3. The van der Waals surface area contributed by atoms with Gasteiger partial charge in [0.25, 0.3) is 0 Å². The molecule has 1 amide bonds. The number of amides is 1. The van der Waals surface area contributed by atoms with Crippen LogP contribution in [0.2, 0.25) is 0 Å². The minimum atomic E-state index is -1.14. The lowest BCUT2D eigenvalue weighted by molar-refractivity contribution is 0.0563. The van der Waals surface area contributed by atoms with E-state index in [1.807, 2.05) is 103 Å². The summed E-state index contributed by atoms with van der Waals surface area (Å²) in [4.78, 5) is 18.2. The van der Waals surface area contributed by atoms with Crippen molar-refractivity contribution >= 4 is 11.8 Å². The number of hydrogen-bond acceptors (Lipinski definition) is 3. The van der Waals surface area contributed by atoms with Gasteiger partial charge in [0.05, 0.1) is 12.6 Å². The fraction of sp³-hybridized carbons (Fsp3) is 0.250. The summed E-state index contributed by atoms with van der Waals surface area (Å²) in [5.74, 6) is 1.43. The summed E-state index contributed by atoms with van der Waals surface area (Å²) in [6, 6.07) is 25.9. The van der Waals surface area contributed by atoms with Crippen LogP contribution in [0.15, 0.2) is 91.1 Å². The maximum absolute atomic E-state index is 15.4. The molecule has 2 heterocycles. The molecule has 0 N–H and O–H groups in total. The largest absolute Gasteiger partial charge is 0.457 e. The Morgan fingerprint density at radius 3 is 2.33 bits per heavy atom. The molecule has 2 atom stereocenters. The minimum Gasteiger partial charge on any atom is -0.457 e. The van der Waals surface area contributed by atoms with Crippen LogP contribution in [0, 0.1) is 6.57 Å². The van der Waals surface area contributed by atoms with Crippen LogP contribution in [-0.4, -0.2) is 34.8 Å². The molecule has 39 heavy (non-hydrogen) atoms. The van der Waals surface area contributed by atoms with Gasteiger partial charge in [0.2, 0.25) is 5.69 Å². The van der Waals surface area contributed by atoms with Gasteiger partial charge in [-0.05, 0) is 48.2 Å². The first-order valence-corrected chi connectivity index (χ1v) is 13.1. The van der Waals surface area contributed by atoms with E-state index in [1.165, 1.54) is 0 Å². The second-order valence-corrected chi connectivity index (χ2v) is 9.51. The first-order chi connectivity index (χ1) is 19.1. The average molecular weight is 524 g/mol. The molecule has 0 radical (unpaired) electrons. The van der Waals surface area contributed by atoms with Crippen LogP contribution in [0.4, 0.5) is 14.9 Å². The molecule has 0 aliphatic carbocycles. The highest BCUT2D eigenvalue weighted by atomic mass is 19.1. The Labute approximate surface area is 228 Å². The predicted molar refractivity (Wildman–Crippen MR) is 149 cm³/mol. The van der Waals surface area contributed by atoms with Crippen molar-refractivity contribution in [3.8, 4) is 22.6 Å². The molecule has 0 spiro atoms. The zero-order valence-electron chi connectivity index (χ0n) is 21.8. The predicted octanol–water partition coefficient (Wildman–Crippen LogP) is 7.98. The topological polar surface area (TPSA) is 48.1 Å². The highest BCUT2D eigenvalue weighted by Crippen LogP contribution is 2.40. The summed E-state index contributed by atoms with van der Waals surface area (Å²) >= 11 is 0. The SMILES string of the molecule is [C-]#[N+]c1c(-c2ccc(Oc3ccccc3)cc2)cn(C2CN(C(=O)OCc3ccccc3)CCC2F)c1CC. The summed E-state index contributed by atoms with van der Waals surface area (Å²) in [5.41, 5.74) is 3.75. The van der Waals surface area contributed by atoms with Gasteiger partial charge >= 0.3 is 6.09 Å². The van der Waals surface area contributed by atoms with Crippen LogP contribution in [-0.2, 0) is 17.8 Å². The Balaban J connectivity index is 1.36. The van der Waals surface area contributed by atoms with Gasteiger partial charge < -0.3 is 18.9 Å². The van der Waals surface area contributed by atoms with Gasteiger partial charge in [-0.15, -0.1) is 0 Å². The number of likely N-dealkylation sites (tertiary alicyclic amines) is 1. The molecule has 5 rings (SSSR count). The zero-order chi connectivity index (χ0) is 27.2. The van der Waals surface area contributed by atoms with Crippen molar-refractivity contribution in [2.75, 3.05) is 13.1 Å². The van der Waals surface area contributed by atoms with Crippen molar-refractivity contribution in [1.82, 2.24) is 9.47 Å². The highest BCUT2D eigenvalue weighted by Gasteiger charge is 2.35. The number of rotatable bonds is 7. The number of nitrogens with zero attached hydrogens (tertiary/aromatic N) is 3. The molecule has 0 bridgehead atoms. The van der Waals surface area contributed by atoms with E-state index in [4.69, 9.17) is 16.0 Å². The summed E-state index contributed by atoms with van der Waals surface area (Å²) in [6.45, 7) is 10.5. The van der Waals surface area contributed by atoms with Gasteiger partial charge in [0.15, 0.2) is 0 Å². The average Bonchev–Trinajstić information content (AvgIpc) is 3.36. The van der Waals surface area contributed by atoms with E-state index in [0.29, 0.717) is 24.4 Å². The molecule has 1 fully saturated rings. The molecule has 198 valence electrons. The van der Waals surface area contributed by atoms with E-state index < -0.39 is 18.3 Å². The first kappa shape index (κ1) is 26.1. The van der Waals surface area contributed by atoms with Gasteiger partial charge in [0, 0.05) is 30.5 Å². The van der Waals surface area contributed by atoms with E-state index in [0.717, 1.165) is 28.1 Å². The number of carbonyl (C=O) groups is 1. The Morgan fingerprint density at radius 2 is 1.67 bits per heavy atom. The number of piperidine rings is 1. The van der Waals surface area contributed by atoms with E-state index in [1.54, 1.807) is 4.90 Å². The van der Waals surface area contributed by atoms with Gasteiger partial charge in [-0.1, -0.05) is 67.6 Å². The van der Waals surface area contributed by atoms with Crippen molar-refractivity contribution in [3.63, 3.8) is 0 Å². The highest BCUT2D eigenvalue weighted by molar-refractivity contribution is 5.81. The molecule has 4 aromatic rings. The lowest BCUT2D eigenvalue weighted by atomic mass is 10.0. The van der Waals surface area contributed by atoms with E-state index in [9.17, 15) is 4.79 Å². The molecule has 1 aliphatic heterocycles. The molecule has 1 aliphatic rings. The maximum Gasteiger partial charge on any atom is 0.410 e. The van der Waals surface area contributed by atoms with Crippen molar-refractivity contribution in [2.24, 2.45) is 0 Å². The molecule has 2 unspecified atom stereocenters. The summed E-state index contributed by atoms with van der Waals surface area (Å²) in [7, 11) is 0. The molecule has 0 saturated carbocycles.